The minimum absolute atomic E-state index is 0.242. The van der Waals surface area contributed by atoms with Gasteiger partial charge in [0.05, 0.1) is 7.11 Å². The van der Waals surface area contributed by atoms with E-state index in [1.54, 1.807) is 7.11 Å². The second-order valence-corrected chi connectivity index (χ2v) is 4.71. The van der Waals surface area contributed by atoms with E-state index in [0.29, 0.717) is 6.42 Å². The van der Waals surface area contributed by atoms with Crippen molar-refractivity contribution < 1.29 is 14.6 Å². The molecule has 102 valence electrons. The first-order valence-electron chi connectivity index (χ1n) is 6.47. The van der Waals surface area contributed by atoms with Gasteiger partial charge in [-0.05, 0) is 44.0 Å². The highest BCUT2D eigenvalue weighted by Gasteiger charge is 2.06. The van der Waals surface area contributed by atoms with E-state index in [9.17, 15) is 4.79 Å². The molecule has 2 aromatic rings. The molecule has 0 unspecified atom stereocenters. The number of aromatic nitrogens is 1. The Morgan fingerprint density at radius 3 is 2.79 bits per heavy atom. The van der Waals surface area contributed by atoms with Crippen molar-refractivity contribution >= 4 is 16.9 Å². The van der Waals surface area contributed by atoms with E-state index < -0.39 is 5.97 Å². The summed E-state index contributed by atoms with van der Waals surface area (Å²) in [7, 11) is 1.66. The van der Waals surface area contributed by atoms with Crippen LogP contribution in [0.5, 0.6) is 5.75 Å². The molecule has 4 nitrogen and oxygen atoms in total. The number of aryl methyl sites for hydroxylation is 2. The summed E-state index contributed by atoms with van der Waals surface area (Å²) in [4.78, 5) is 10.5. The van der Waals surface area contributed by atoms with E-state index in [0.717, 1.165) is 24.1 Å². The molecule has 1 aromatic carbocycles. The number of carboxylic acids is 1. The fraction of sp³-hybridized carbons (Fsp3) is 0.400. The zero-order valence-electron chi connectivity index (χ0n) is 11.3. The fourth-order valence-corrected chi connectivity index (χ4v) is 2.36. The molecule has 2 rings (SSSR count). The summed E-state index contributed by atoms with van der Waals surface area (Å²) >= 11 is 0. The van der Waals surface area contributed by atoms with Crippen LogP contribution in [-0.2, 0) is 11.3 Å². The molecule has 0 bridgehead atoms. The summed E-state index contributed by atoms with van der Waals surface area (Å²) in [5.41, 5.74) is 2.37. The third kappa shape index (κ3) is 3.08. The van der Waals surface area contributed by atoms with E-state index in [1.165, 1.54) is 11.2 Å². The number of carbonyl (C=O) groups is 1. The van der Waals surface area contributed by atoms with Crippen molar-refractivity contribution in [1.82, 2.24) is 4.57 Å². The van der Waals surface area contributed by atoms with Crippen LogP contribution >= 0.6 is 0 Å². The van der Waals surface area contributed by atoms with Crippen LogP contribution in [0.1, 0.15) is 25.0 Å². The molecule has 0 atom stereocenters. The van der Waals surface area contributed by atoms with Crippen molar-refractivity contribution in [2.75, 3.05) is 7.11 Å². The Kier molecular flexibility index (Phi) is 4.10. The molecule has 0 aliphatic rings. The zero-order valence-corrected chi connectivity index (χ0v) is 11.3. The van der Waals surface area contributed by atoms with Crippen LogP contribution in [0, 0.1) is 6.92 Å². The molecule has 0 spiro atoms. The number of rotatable bonds is 6. The minimum Gasteiger partial charge on any atom is -0.497 e. The van der Waals surface area contributed by atoms with Crippen LogP contribution < -0.4 is 4.74 Å². The van der Waals surface area contributed by atoms with Gasteiger partial charge in [0.2, 0.25) is 0 Å². The maximum Gasteiger partial charge on any atom is 0.303 e. The predicted octanol–water partition coefficient (Wildman–Crippen LogP) is 3.21. The van der Waals surface area contributed by atoms with Crippen LogP contribution in [0.15, 0.2) is 24.3 Å². The van der Waals surface area contributed by atoms with Gasteiger partial charge in [0, 0.05) is 29.6 Å². The highest BCUT2D eigenvalue weighted by molar-refractivity contribution is 5.82. The van der Waals surface area contributed by atoms with Gasteiger partial charge in [-0.25, -0.2) is 0 Å². The fourth-order valence-electron chi connectivity index (χ4n) is 2.36. The number of methoxy groups -OCH3 is 1. The average Bonchev–Trinajstić information content (AvgIpc) is 2.69. The van der Waals surface area contributed by atoms with Gasteiger partial charge in [-0.2, -0.15) is 0 Å². The molecule has 0 aliphatic carbocycles. The lowest BCUT2D eigenvalue weighted by Crippen LogP contribution is -2.01. The molecular weight excluding hydrogens is 242 g/mol. The first-order chi connectivity index (χ1) is 9.11. The number of unbranched alkanes of at least 4 members (excludes halogenated alkanes) is 1. The van der Waals surface area contributed by atoms with Crippen molar-refractivity contribution in [3.63, 3.8) is 0 Å². The number of aliphatic carboxylic acids is 1. The van der Waals surface area contributed by atoms with E-state index >= 15 is 0 Å². The Morgan fingerprint density at radius 2 is 2.11 bits per heavy atom. The van der Waals surface area contributed by atoms with Crippen LogP contribution in [-0.4, -0.2) is 22.8 Å². The second kappa shape index (κ2) is 5.78. The van der Waals surface area contributed by atoms with Crippen molar-refractivity contribution in [3.05, 3.63) is 30.0 Å². The maximum atomic E-state index is 10.5. The molecule has 0 saturated heterocycles. The average molecular weight is 261 g/mol. The number of nitrogens with zero attached hydrogens (tertiary/aromatic N) is 1. The third-order valence-electron chi connectivity index (χ3n) is 3.34. The first kappa shape index (κ1) is 13.5. The summed E-state index contributed by atoms with van der Waals surface area (Å²) < 4.78 is 7.45. The topological polar surface area (TPSA) is 51.5 Å². The van der Waals surface area contributed by atoms with E-state index in [2.05, 4.69) is 23.6 Å². The lowest BCUT2D eigenvalue weighted by Gasteiger charge is -2.08. The van der Waals surface area contributed by atoms with E-state index in [4.69, 9.17) is 9.84 Å². The number of benzene rings is 1. The smallest absolute Gasteiger partial charge is 0.303 e. The molecule has 19 heavy (non-hydrogen) atoms. The monoisotopic (exact) mass is 261 g/mol. The number of ether oxygens (including phenoxy) is 1. The summed E-state index contributed by atoms with van der Waals surface area (Å²) in [5, 5.41) is 9.80. The summed E-state index contributed by atoms with van der Waals surface area (Å²) in [6.45, 7) is 2.93. The van der Waals surface area contributed by atoms with Crippen LogP contribution in [0.2, 0.25) is 0 Å². The molecule has 0 fully saturated rings. The van der Waals surface area contributed by atoms with Crippen molar-refractivity contribution in [2.45, 2.75) is 32.7 Å². The van der Waals surface area contributed by atoms with Crippen molar-refractivity contribution in [3.8, 4) is 5.75 Å². The maximum absolute atomic E-state index is 10.5. The Labute approximate surface area is 112 Å². The van der Waals surface area contributed by atoms with E-state index in [1.807, 2.05) is 12.1 Å². The number of hydrogen-bond acceptors (Lipinski definition) is 2. The molecule has 0 amide bonds. The van der Waals surface area contributed by atoms with Gasteiger partial charge >= 0.3 is 5.97 Å². The lowest BCUT2D eigenvalue weighted by atomic mass is 10.2. The van der Waals surface area contributed by atoms with Crippen molar-refractivity contribution in [2.24, 2.45) is 0 Å². The summed E-state index contributed by atoms with van der Waals surface area (Å²) in [6, 6.07) is 8.17. The lowest BCUT2D eigenvalue weighted by molar-refractivity contribution is -0.137. The SMILES string of the molecule is COc1ccc2c(c1)cc(C)n2CCCCC(=O)O. The number of carboxylic acid groups (broad SMARTS) is 1. The standard InChI is InChI=1S/C15H19NO3/c1-11-9-12-10-13(19-2)6-7-14(12)16(11)8-4-3-5-15(17)18/h6-7,9-10H,3-5,8H2,1-2H3,(H,17,18). The number of hydrogen-bond donors (Lipinski definition) is 1. The molecule has 0 aliphatic heterocycles. The molecule has 1 aromatic heterocycles. The normalized spacial score (nSPS) is 10.8. The largest absolute Gasteiger partial charge is 0.497 e. The van der Waals surface area contributed by atoms with Gasteiger partial charge in [0.25, 0.3) is 0 Å². The quantitative estimate of drug-likeness (QED) is 0.812. The Bertz CT molecular complexity index is 586. The highest BCUT2D eigenvalue weighted by Crippen LogP contribution is 2.24. The minimum atomic E-state index is -0.723. The predicted molar refractivity (Wildman–Crippen MR) is 74.7 cm³/mol. The molecule has 4 heteroatoms. The van der Waals surface area contributed by atoms with Gasteiger partial charge in [-0.3, -0.25) is 4.79 Å². The second-order valence-electron chi connectivity index (χ2n) is 4.71. The molecule has 1 heterocycles. The Hall–Kier alpha value is -1.97. The van der Waals surface area contributed by atoms with Gasteiger partial charge in [-0.15, -0.1) is 0 Å². The number of fused-ring (bicyclic) bond motifs is 1. The third-order valence-corrected chi connectivity index (χ3v) is 3.34. The highest BCUT2D eigenvalue weighted by atomic mass is 16.5. The van der Waals surface area contributed by atoms with Gasteiger partial charge in [-0.1, -0.05) is 0 Å². The Balaban J connectivity index is 2.14. The molecule has 1 N–H and O–H groups in total. The first-order valence-corrected chi connectivity index (χ1v) is 6.47. The van der Waals surface area contributed by atoms with Gasteiger partial charge in [0.1, 0.15) is 5.75 Å². The van der Waals surface area contributed by atoms with Gasteiger partial charge < -0.3 is 14.4 Å². The molecular formula is C15H19NO3. The molecule has 0 radical (unpaired) electrons. The van der Waals surface area contributed by atoms with Crippen LogP contribution in [0.4, 0.5) is 0 Å². The van der Waals surface area contributed by atoms with Crippen molar-refractivity contribution in [1.29, 1.82) is 0 Å². The Morgan fingerprint density at radius 1 is 1.32 bits per heavy atom. The zero-order chi connectivity index (χ0) is 13.8. The van der Waals surface area contributed by atoms with Crippen LogP contribution in [0.3, 0.4) is 0 Å². The van der Waals surface area contributed by atoms with E-state index in [-0.39, 0.29) is 6.42 Å². The van der Waals surface area contributed by atoms with Crippen LogP contribution in [0.25, 0.3) is 10.9 Å². The summed E-state index contributed by atoms with van der Waals surface area (Å²) in [5.74, 6) is 0.134. The van der Waals surface area contributed by atoms with Gasteiger partial charge in [0.15, 0.2) is 0 Å². The molecule has 0 saturated carbocycles. The summed E-state index contributed by atoms with van der Waals surface area (Å²) in [6.07, 6.45) is 1.83.